The molecule has 1 aromatic carbocycles. The van der Waals surface area contributed by atoms with Crippen molar-refractivity contribution in [1.82, 2.24) is 15.2 Å². The molecule has 0 bridgehead atoms. The molecule has 7 heteroatoms. The smallest absolute Gasteiger partial charge is 0.264 e. The number of piperazine rings is 1. The molecule has 0 aliphatic carbocycles. The molecule has 27 heavy (non-hydrogen) atoms. The lowest BCUT2D eigenvalue weighted by atomic mass is 10.0. The van der Waals surface area contributed by atoms with Crippen LogP contribution in [0.5, 0.6) is 5.75 Å². The van der Waals surface area contributed by atoms with E-state index in [1.54, 1.807) is 17.5 Å². The third-order valence-corrected chi connectivity index (χ3v) is 6.29. The van der Waals surface area contributed by atoms with Gasteiger partial charge in [0.1, 0.15) is 5.75 Å². The summed E-state index contributed by atoms with van der Waals surface area (Å²) >= 11 is 8.05. The molecule has 1 N–H and O–H groups in total. The van der Waals surface area contributed by atoms with Crippen LogP contribution in [0, 0.1) is 0 Å². The highest BCUT2D eigenvalue weighted by molar-refractivity contribution is 7.17. The summed E-state index contributed by atoms with van der Waals surface area (Å²) in [4.78, 5) is 19.2. The first-order chi connectivity index (χ1) is 13.2. The number of benzene rings is 1. The van der Waals surface area contributed by atoms with E-state index in [1.165, 1.54) is 0 Å². The average molecular weight is 400 g/mol. The van der Waals surface area contributed by atoms with Crippen LogP contribution in [0.1, 0.15) is 5.56 Å². The van der Waals surface area contributed by atoms with Crippen molar-refractivity contribution >= 4 is 39.1 Å². The first-order valence-corrected chi connectivity index (χ1v) is 10.3. The van der Waals surface area contributed by atoms with E-state index in [0.29, 0.717) is 11.4 Å². The second-order valence-electron chi connectivity index (χ2n) is 6.82. The van der Waals surface area contributed by atoms with Gasteiger partial charge in [0.25, 0.3) is 5.91 Å². The Kier molecular flexibility index (Phi) is 4.27. The number of hydrogen-bond acceptors (Lipinski definition) is 5. The van der Waals surface area contributed by atoms with Crippen LogP contribution in [0.2, 0.25) is 5.02 Å². The molecule has 5 rings (SSSR count). The van der Waals surface area contributed by atoms with Crippen molar-refractivity contribution in [3.8, 4) is 16.9 Å². The van der Waals surface area contributed by atoms with Crippen LogP contribution in [-0.2, 0) is 11.2 Å². The van der Waals surface area contributed by atoms with Gasteiger partial charge in [-0.2, -0.15) is 0 Å². The molecule has 1 saturated heterocycles. The predicted molar refractivity (Wildman–Crippen MR) is 108 cm³/mol. The van der Waals surface area contributed by atoms with Gasteiger partial charge in [0.05, 0.1) is 10.2 Å². The van der Waals surface area contributed by atoms with Crippen molar-refractivity contribution < 1.29 is 9.53 Å². The van der Waals surface area contributed by atoms with Gasteiger partial charge in [-0.15, -0.1) is 11.3 Å². The maximum absolute atomic E-state index is 12.9. The van der Waals surface area contributed by atoms with Crippen molar-refractivity contribution in [3.63, 3.8) is 0 Å². The van der Waals surface area contributed by atoms with Crippen molar-refractivity contribution in [2.75, 3.05) is 26.2 Å². The van der Waals surface area contributed by atoms with E-state index in [1.807, 2.05) is 34.5 Å². The molecule has 4 heterocycles. The van der Waals surface area contributed by atoms with Crippen LogP contribution in [0.25, 0.3) is 21.3 Å². The lowest BCUT2D eigenvalue weighted by Gasteiger charge is -2.29. The van der Waals surface area contributed by atoms with Gasteiger partial charge in [-0.25, -0.2) is 0 Å². The minimum atomic E-state index is -0.476. The van der Waals surface area contributed by atoms with Gasteiger partial charge in [0.2, 0.25) is 0 Å². The number of thiophene rings is 1. The number of ether oxygens (including phenoxy) is 1. The Morgan fingerprint density at radius 3 is 2.96 bits per heavy atom. The molecule has 0 saturated carbocycles. The quantitative estimate of drug-likeness (QED) is 0.718. The fourth-order valence-corrected chi connectivity index (χ4v) is 4.96. The zero-order chi connectivity index (χ0) is 18.4. The zero-order valence-corrected chi connectivity index (χ0v) is 16.1. The molecule has 3 aromatic rings. The molecule has 0 unspecified atom stereocenters. The van der Waals surface area contributed by atoms with E-state index in [0.717, 1.165) is 58.8 Å². The number of aromatic nitrogens is 1. The highest BCUT2D eigenvalue weighted by atomic mass is 35.5. The Balaban J connectivity index is 1.53. The summed E-state index contributed by atoms with van der Waals surface area (Å²) in [6.07, 6.45) is 1.89. The number of pyridine rings is 1. The van der Waals surface area contributed by atoms with E-state index >= 15 is 0 Å². The van der Waals surface area contributed by atoms with Crippen molar-refractivity contribution in [1.29, 1.82) is 0 Å². The van der Waals surface area contributed by atoms with Crippen LogP contribution >= 0.6 is 22.9 Å². The molecule has 0 spiro atoms. The Hall–Kier alpha value is -2.15. The minimum Gasteiger partial charge on any atom is -0.479 e. The number of nitrogens with one attached hydrogen (secondary N) is 1. The first-order valence-electron chi connectivity index (χ1n) is 9.02. The summed E-state index contributed by atoms with van der Waals surface area (Å²) in [5, 5.41) is 5.96. The topological polar surface area (TPSA) is 54.5 Å². The fourth-order valence-electron chi connectivity index (χ4n) is 3.84. The third kappa shape index (κ3) is 2.98. The minimum absolute atomic E-state index is 0.0609. The van der Waals surface area contributed by atoms with Crippen LogP contribution in [0.15, 0.2) is 35.8 Å². The molecule has 2 aliphatic rings. The van der Waals surface area contributed by atoms with Gasteiger partial charge < -0.3 is 15.0 Å². The number of rotatable bonds is 2. The van der Waals surface area contributed by atoms with E-state index in [-0.39, 0.29) is 5.91 Å². The SMILES string of the molecule is O=C([C@H]1Cc2cc(Cl)cc(-c3ccnc4ccsc34)c2O1)N1CCNCC1. The molecule has 1 atom stereocenters. The Morgan fingerprint density at radius 2 is 2.11 bits per heavy atom. The molecule has 2 aliphatic heterocycles. The number of nitrogens with zero attached hydrogens (tertiary/aromatic N) is 2. The molecule has 138 valence electrons. The van der Waals surface area contributed by atoms with Gasteiger partial charge >= 0.3 is 0 Å². The van der Waals surface area contributed by atoms with E-state index in [9.17, 15) is 4.79 Å². The summed E-state index contributed by atoms with van der Waals surface area (Å²) in [7, 11) is 0. The van der Waals surface area contributed by atoms with Gasteiger partial charge in [0, 0.05) is 60.5 Å². The van der Waals surface area contributed by atoms with Gasteiger partial charge in [0.15, 0.2) is 6.10 Å². The number of halogens is 1. The molecule has 5 nitrogen and oxygen atoms in total. The van der Waals surface area contributed by atoms with Crippen molar-refractivity contribution in [3.05, 3.63) is 46.4 Å². The monoisotopic (exact) mass is 399 g/mol. The summed E-state index contributed by atoms with van der Waals surface area (Å²) in [5.74, 6) is 0.833. The van der Waals surface area contributed by atoms with Gasteiger partial charge in [-0.3, -0.25) is 9.78 Å². The molecule has 2 aromatic heterocycles. The number of carbonyl (C=O) groups is 1. The van der Waals surface area contributed by atoms with Crippen LogP contribution in [0.3, 0.4) is 0 Å². The number of fused-ring (bicyclic) bond motifs is 2. The maximum Gasteiger partial charge on any atom is 0.264 e. The molecule has 1 amide bonds. The average Bonchev–Trinajstić information content (AvgIpc) is 3.34. The van der Waals surface area contributed by atoms with Gasteiger partial charge in [-0.05, 0) is 29.6 Å². The Labute approximate surface area is 165 Å². The zero-order valence-electron chi connectivity index (χ0n) is 14.6. The Bertz CT molecular complexity index is 1030. The normalized spacial score (nSPS) is 19.1. The molecule has 1 fully saturated rings. The van der Waals surface area contributed by atoms with E-state index < -0.39 is 6.10 Å². The lowest BCUT2D eigenvalue weighted by molar-refractivity contribution is -0.138. The number of amides is 1. The first kappa shape index (κ1) is 17.0. The second-order valence-corrected chi connectivity index (χ2v) is 8.17. The predicted octanol–water partition coefficient (Wildman–Crippen LogP) is 3.35. The van der Waals surface area contributed by atoms with E-state index in [4.69, 9.17) is 16.3 Å². The van der Waals surface area contributed by atoms with Crippen LogP contribution in [0.4, 0.5) is 0 Å². The van der Waals surface area contributed by atoms with Crippen LogP contribution in [-0.4, -0.2) is 48.1 Å². The highest BCUT2D eigenvalue weighted by Crippen LogP contribution is 2.44. The highest BCUT2D eigenvalue weighted by Gasteiger charge is 2.35. The largest absolute Gasteiger partial charge is 0.479 e. The fraction of sp³-hybridized carbons (Fsp3) is 0.300. The molecular weight excluding hydrogens is 382 g/mol. The third-order valence-electron chi connectivity index (χ3n) is 5.13. The van der Waals surface area contributed by atoms with E-state index in [2.05, 4.69) is 10.3 Å². The standard InChI is InChI=1S/C20H18ClN3O2S/c21-13-9-12-10-17(20(25)24-6-4-22-5-7-24)26-18(12)15(11-13)14-1-3-23-16-2-8-27-19(14)16/h1-3,8-9,11,17,22H,4-7,10H2/t17-/m1/s1. The second kappa shape index (κ2) is 6.78. The summed E-state index contributed by atoms with van der Waals surface area (Å²) in [6.45, 7) is 3.11. The Morgan fingerprint density at radius 1 is 1.26 bits per heavy atom. The van der Waals surface area contributed by atoms with Crippen molar-refractivity contribution in [2.24, 2.45) is 0 Å². The molecular formula is C20H18ClN3O2S. The maximum atomic E-state index is 12.9. The molecule has 0 radical (unpaired) electrons. The van der Waals surface area contributed by atoms with Crippen molar-refractivity contribution in [2.45, 2.75) is 12.5 Å². The summed E-state index contributed by atoms with van der Waals surface area (Å²) < 4.78 is 7.30. The lowest BCUT2D eigenvalue weighted by Crippen LogP contribution is -2.50. The summed E-state index contributed by atoms with van der Waals surface area (Å²) in [5.41, 5.74) is 3.93. The van der Waals surface area contributed by atoms with Crippen LogP contribution < -0.4 is 10.1 Å². The number of carbonyl (C=O) groups excluding carboxylic acids is 1. The number of hydrogen-bond donors (Lipinski definition) is 1. The van der Waals surface area contributed by atoms with Gasteiger partial charge in [-0.1, -0.05) is 11.6 Å². The summed E-state index contributed by atoms with van der Waals surface area (Å²) in [6, 6.07) is 7.83.